The van der Waals surface area contributed by atoms with E-state index in [1.807, 2.05) is 0 Å². The first kappa shape index (κ1) is 23.3. The Morgan fingerprint density at radius 1 is 0.892 bits per heavy atom. The lowest BCUT2D eigenvalue weighted by Crippen LogP contribution is -2.71. The third kappa shape index (κ3) is 2.63. The molecule has 8 fully saturated rings. The Balaban J connectivity index is 1.19. The summed E-state index contributed by atoms with van der Waals surface area (Å²) in [5, 5.41) is 35.2. The van der Waals surface area contributed by atoms with Gasteiger partial charge in [-0.1, -0.05) is 25.5 Å². The van der Waals surface area contributed by atoms with Crippen molar-refractivity contribution in [1.29, 1.82) is 0 Å². The molecule has 0 aromatic heterocycles. The van der Waals surface area contributed by atoms with Crippen LogP contribution in [0.1, 0.15) is 84.0 Å². The van der Waals surface area contributed by atoms with Crippen molar-refractivity contribution >= 4 is 0 Å². The average molecular weight is 508 g/mol. The molecule has 2 saturated heterocycles. The summed E-state index contributed by atoms with van der Waals surface area (Å²) in [5.41, 5.74) is 0.0270. The van der Waals surface area contributed by atoms with Crippen LogP contribution < -0.4 is 0 Å². The Hall–Kier alpha value is -0.420. The van der Waals surface area contributed by atoms with Crippen LogP contribution in [0, 0.1) is 70.0 Å². The highest BCUT2D eigenvalue weighted by Crippen LogP contribution is 2.81. The van der Waals surface area contributed by atoms with Crippen LogP contribution in [0.25, 0.3) is 0 Å². The van der Waals surface area contributed by atoms with E-state index in [-0.39, 0.29) is 23.5 Å². The van der Waals surface area contributed by atoms with Gasteiger partial charge >= 0.3 is 0 Å². The summed E-state index contributed by atoms with van der Waals surface area (Å²) in [6, 6.07) is 0.390. The number of nitrogens with zero attached hydrogens (tertiary/aromatic N) is 1. The van der Waals surface area contributed by atoms with Crippen molar-refractivity contribution in [3.63, 3.8) is 0 Å². The molecule has 0 aromatic carbocycles. The molecule has 4 bridgehead atoms. The van der Waals surface area contributed by atoms with E-state index in [1.165, 1.54) is 58.0 Å². The fourth-order valence-corrected chi connectivity index (χ4v) is 14.8. The average Bonchev–Trinajstić information content (AvgIpc) is 3.18. The van der Waals surface area contributed by atoms with Gasteiger partial charge in [0.1, 0.15) is 0 Å². The van der Waals surface area contributed by atoms with Crippen molar-refractivity contribution in [3.05, 3.63) is 12.2 Å². The molecule has 3 N–H and O–H groups in total. The quantitative estimate of drug-likeness (QED) is 0.419. The molecule has 37 heavy (non-hydrogen) atoms. The van der Waals surface area contributed by atoms with Gasteiger partial charge in [0.25, 0.3) is 0 Å². The van der Waals surface area contributed by atoms with Crippen LogP contribution in [0.5, 0.6) is 0 Å². The molecule has 9 aliphatic rings. The van der Waals surface area contributed by atoms with E-state index in [0.29, 0.717) is 52.9 Å². The molecule has 204 valence electrons. The summed E-state index contributed by atoms with van der Waals surface area (Å²) in [6.45, 7) is 4.82. The molecule has 9 rings (SSSR count). The summed E-state index contributed by atoms with van der Waals surface area (Å²) in [7, 11) is 0. The van der Waals surface area contributed by atoms with Crippen LogP contribution in [-0.4, -0.2) is 57.2 Å². The molecular weight excluding hydrogens is 458 g/mol. The molecule has 6 saturated carbocycles. The van der Waals surface area contributed by atoms with Crippen molar-refractivity contribution < 1.29 is 15.3 Å². The third-order valence-electron chi connectivity index (χ3n) is 15.3. The number of aliphatic hydroxyl groups is 3. The summed E-state index contributed by atoms with van der Waals surface area (Å²) in [5.74, 6) is 6.15. The Kier molecular flexibility index (Phi) is 4.69. The van der Waals surface area contributed by atoms with Gasteiger partial charge in [-0.15, -0.1) is 0 Å². The number of hydrogen-bond donors (Lipinski definition) is 3. The summed E-state index contributed by atoms with van der Waals surface area (Å²) in [6.07, 6.45) is 18.7. The number of piperidine rings is 2. The van der Waals surface area contributed by atoms with Gasteiger partial charge in [0, 0.05) is 19.1 Å². The first-order chi connectivity index (χ1) is 17.9. The Labute approximate surface area is 223 Å². The minimum absolute atomic E-state index is 0.213. The van der Waals surface area contributed by atoms with Crippen molar-refractivity contribution in [3.8, 4) is 0 Å². The zero-order valence-electron chi connectivity index (χ0n) is 22.8. The number of rotatable bonds is 0. The molecular formula is C33H49NO3. The van der Waals surface area contributed by atoms with E-state index in [0.717, 1.165) is 43.9 Å². The van der Waals surface area contributed by atoms with Crippen LogP contribution in [-0.2, 0) is 0 Å². The molecule has 7 aliphatic carbocycles. The number of allylic oxidation sites excluding steroid dienone is 2. The van der Waals surface area contributed by atoms with Crippen LogP contribution >= 0.6 is 0 Å². The van der Waals surface area contributed by atoms with Gasteiger partial charge in [-0.25, -0.2) is 0 Å². The van der Waals surface area contributed by atoms with Crippen LogP contribution in [0.3, 0.4) is 0 Å². The highest BCUT2D eigenvalue weighted by atomic mass is 16.3. The van der Waals surface area contributed by atoms with Gasteiger partial charge < -0.3 is 15.3 Å². The maximum absolute atomic E-state index is 12.6. The number of hydrogen-bond acceptors (Lipinski definition) is 4. The van der Waals surface area contributed by atoms with Gasteiger partial charge in [0.2, 0.25) is 0 Å². The second-order valence-corrected chi connectivity index (χ2v) is 16.1. The van der Waals surface area contributed by atoms with Gasteiger partial charge in [0.15, 0.2) is 0 Å². The zero-order chi connectivity index (χ0) is 24.9. The number of fused-ring (bicyclic) bond motifs is 5. The van der Waals surface area contributed by atoms with Gasteiger partial charge in [0.05, 0.1) is 17.8 Å². The predicted octanol–water partition coefficient (Wildman–Crippen LogP) is 4.62. The van der Waals surface area contributed by atoms with Crippen LogP contribution in [0.15, 0.2) is 12.2 Å². The molecule has 0 unspecified atom stereocenters. The zero-order valence-corrected chi connectivity index (χ0v) is 22.8. The fraction of sp³-hybridized carbons (Fsp3) is 0.939. The highest BCUT2D eigenvalue weighted by molar-refractivity contribution is 5.31. The summed E-state index contributed by atoms with van der Waals surface area (Å²) < 4.78 is 0. The molecule has 0 amide bonds. The first-order valence-corrected chi connectivity index (χ1v) is 16.4. The molecule has 16 atom stereocenters. The van der Waals surface area contributed by atoms with E-state index in [2.05, 4.69) is 24.0 Å². The van der Waals surface area contributed by atoms with Crippen molar-refractivity contribution in [2.75, 3.05) is 13.1 Å². The minimum Gasteiger partial charge on any atom is -0.393 e. The predicted molar refractivity (Wildman–Crippen MR) is 142 cm³/mol. The van der Waals surface area contributed by atoms with E-state index < -0.39 is 5.60 Å². The standard InChI is InChI=1S/C33H49NO3/c1-18-4-7-27-33(37)10-2-3-19-13-25-28(23(29(19)33)17-34(27)16-18)22-6-5-20-8-11-31(25)15-26(36)24-14-21(35)9-12-32(20,24)30(22)31/h5-6,18-30,35-37H,2-4,7-17H2,1H3/t18-,19+,20+,21-,22-,23-,24+,25+,26-,27-,28+,29-,30-,31-,32+,33+/m0/s1. The molecule has 2 aliphatic heterocycles. The second-order valence-electron chi connectivity index (χ2n) is 16.1. The largest absolute Gasteiger partial charge is 0.393 e. The monoisotopic (exact) mass is 507 g/mol. The molecule has 0 aromatic rings. The van der Waals surface area contributed by atoms with Crippen molar-refractivity contribution in [1.82, 2.24) is 4.90 Å². The second kappa shape index (κ2) is 7.45. The molecule has 4 heteroatoms. The summed E-state index contributed by atoms with van der Waals surface area (Å²) >= 11 is 0. The lowest BCUT2D eigenvalue weighted by molar-refractivity contribution is -0.235. The maximum atomic E-state index is 12.6. The molecule has 2 heterocycles. The third-order valence-corrected chi connectivity index (χ3v) is 15.3. The fourth-order valence-electron chi connectivity index (χ4n) is 14.8. The molecule has 1 spiro atoms. The van der Waals surface area contributed by atoms with E-state index in [9.17, 15) is 15.3 Å². The van der Waals surface area contributed by atoms with Gasteiger partial charge in [-0.2, -0.15) is 0 Å². The van der Waals surface area contributed by atoms with Gasteiger partial charge in [-0.05, 0) is 141 Å². The van der Waals surface area contributed by atoms with Crippen LogP contribution in [0.2, 0.25) is 0 Å². The van der Waals surface area contributed by atoms with E-state index in [4.69, 9.17) is 0 Å². The topological polar surface area (TPSA) is 63.9 Å². The van der Waals surface area contributed by atoms with Crippen LogP contribution in [0.4, 0.5) is 0 Å². The molecule has 4 nitrogen and oxygen atoms in total. The van der Waals surface area contributed by atoms with E-state index in [1.54, 1.807) is 0 Å². The van der Waals surface area contributed by atoms with Crippen molar-refractivity contribution in [2.45, 2.75) is 108 Å². The van der Waals surface area contributed by atoms with E-state index >= 15 is 0 Å². The maximum Gasteiger partial charge on any atom is 0.0836 e. The Morgan fingerprint density at radius 3 is 2.68 bits per heavy atom. The normalized spacial score (nSPS) is 65.2. The Bertz CT molecular complexity index is 1010. The minimum atomic E-state index is -0.479. The Morgan fingerprint density at radius 2 is 1.78 bits per heavy atom. The lowest BCUT2D eigenvalue weighted by Gasteiger charge is -2.69. The van der Waals surface area contributed by atoms with Crippen molar-refractivity contribution in [2.24, 2.45) is 70.0 Å². The van der Waals surface area contributed by atoms with Gasteiger partial charge in [-0.3, -0.25) is 4.90 Å². The smallest absolute Gasteiger partial charge is 0.0836 e. The number of aliphatic hydroxyl groups excluding tert-OH is 2. The SMILES string of the molecule is C[C@H]1CC[C@@H]2N(C1)C[C@H]1[C@H]3[C@@H]4C=C[C@@H]5CC[C@]6(C[C@H](O)[C@H]7C[C@@H](O)CC[C@@]57[C@@H]46)[C@@H]3C[C@H]3CCC[C@]2(O)[C@@H]31. The summed E-state index contributed by atoms with van der Waals surface area (Å²) in [4.78, 5) is 2.79. The lowest BCUT2D eigenvalue weighted by atomic mass is 9.36. The highest BCUT2D eigenvalue weighted by Gasteiger charge is 2.77. The molecule has 0 radical (unpaired) electrons. The first-order valence-electron chi connectivity index (χ1n) is 16.4.